The van der Waals surface area contributed by atoms with Gasteiger partial charge in [-0.05, 0) is 18.2 Å². The summed E-state index contributed by atoms with van der Waals surface area (Å²) in [5.74, 6) is -1.37. The molecular weight excluding hydrogens is 290 g/mol. The summed E-state index contributed by atoms with van der Waals surface area (Å²) in [4.78, 5) is 23.3. The maximum Gasteiger partial charge on any atom is 0.345 e. The maximum absolute atomic E-state index is 12.3. The smallest absolute Gasteiger partial charge is 0.345 e. The highest BCUT2D eigenvalue weighted by atomic mass is 32.1. The Kier molecular flexibility index (Phi) is 3.19. The van der Waals surface area contributed by atoms with E-state index in [-0.39, 0.29) is 10.8 Å². The molecule has 0 aliphatic carbocycles. The molecule has 0 aliphatic heterocycles. The van der Waals surface area contributed by atoms with E-state index in [0.717, 1.165) is 22.2 Å². The van der Waals surface area contributed by atoms with Crippen molar-refractivity contribution in [2.24, 2.45) is 7.05 Å². The van der Waals surface area contributed by atoms with Gasteiger partial charge in [0.2, 0.25) is 0 Å². The number of nitrogens with zero attached hydrogens (tertiary/aromatic N) is 2. The first kappa shape index (κ1) is 13.3. The first-order valence-corrected chi connectivity index (χ1v) is 6.94. The van der Waals surface area contributed by atoms with E-state index in [9.17, 15) is 9.59 Å². The number of rotatable bonds is 3. The summed E-state index contributed by atoms with van der Waals surface area (Å²) < 4.78 is 1.64. The van der Waals surface area contributed by atoms with Crippen LogP contribution < -0.4 is 5.32 Å². The summed E-state index contributed by atoms with van der Waals surface area (Å²) in [7, 11) is 1.77. The summed E-state index contributed by atoms with van der Waals surface area (Å²) >= 11 is 1.01. The predicted molar refractivity (Wildman–Crippen MR) is 79.9 cm³/mol. The monoisotopic (exact) mass is 301 g/mol. The number of benzene rings is 1. The van der Waals surface area contributed by atoms with Crippen LogP contribution in [0.2, 0.25) is 0 Å². The van der Waals surface area contributed by atoms with Gasteiger partial charge in [-0.3, -0.25) is 9.48 Å². The molecule has 2 N–H and O–H groups in total. The number of hydrogen-bond donors (Lipinski definition) is 2. The molecule has 1 aromatic carbocycles. The molecule has 106 valence electrons. The van der Waals surface area contributed by atoms with Gasteiger partial charge in [0.25, 0.3) is 5.91 Å². The molecule has 0 atom stereocenters. The number of hydrogen-bond acceptors (Lipinski definition) is 4. The summed E-state index contributed by atoms with van der Waals surface area (Å²) in [5.41, 5.74) is 1.18. The van der Waals surface area contributed by atoms with Gasteiger partial charge >= 0.3 is 5.97 Å². The van der Waals surface area contributed by atoms with Gasteiger partial charge in [0.05, 0.1) is 10.5 Å². The number of carbonyl (C=O) groups is 2. The minimum atomic E-state index is -1.01. The number of aromatic carboxylic acids is 1. The predicted octanol–water partition coefficient (Wildman–Crippen LogP) is 2.59. The fourth-order valence-electron chi connectivity index (χ4n) is 2.07. The Morgan fingerprint density at radius 1 is 1.24 bits per heavy atom. The summed E-state index contributed by atoms with van der Waals surface area (Å²) in [6.07, 6.45) is 0. The SMILES string of the molecule is Cn1nc(C(=O)Nc2ccc(C(=O)O)s2)c2ccccc21. The van der Waals surface area contributed by atoms with E-state index in [2.05, 4.69) is 10.4 Å². The Bertz CT molecular complexity index is 850. The van der Waals surface area contributed by atoms with Crippen molar-refractivity contribution in [1.82, 2.24) is 9.78 Å². The largest absolute Gasteiger partial charge is 0.477 e. The minimum Gasteiger partial charge on any atom is -0.477 e. The van der Waals surface area contributed by atoms with Gasteiger partial charge in [-0.15, -0.1) is 11.3 Å². The van der Waals surface area contributed by atoms with E-state index in [1.807, 2.05) is 24.3 Å². The maximum atomic E-state index is 12.3. The fraction of sp³-hybridized carbons (Fsp3) is 0.0714. The number of aryl methyl sites for hydroxylation is 1. The molecule has 0 aliphatic rings. The van der Waals surface area contributed by atoms with Gasteiger partial charge < -0.3 is 10.4 Å². The highest BCUT2D eigenvalue weighted by Crippen LogP contribution is 2.24. The second-order valence-corrected chi connectivity index (χ2v) is 5.50. The van der Waals surface area contributed by atoms with Crippen molar-refractivity contribution >= 4 is 39.1 Å². The van der Waals surface area contributed by atoms with Gasteiger partial charge in [0.1, 0.15) is 4.88 Å². The molecule has 1 amide bonds. The molecule has 0 saturated heterocycles. The van der Waals surface area contributed by atoms with E-state index < -0.39 is 5.97 Å². The second kappa shape index (κ2) is 5.02. The summed E-state index contributed by atoms with van der Waals surface area (Å²) in [6, 6.07) is 10.5. The molecule has 0 saturated carbocycles. The van der Waals surface area contributed by atoms with Crippen LogP contribution in [-0.4, -0.2) is 26.8 Å². The van der Waals surface area contributed by atoms with E-state index in [1.165, 1.54) is 6.07 Å². The Balaban J connectivity index is 1.91. The molecule has 2 aromatic heterocycles. The average Bonchev–Trinajstić information content (AvgIpc) is 3.05. The minimum absolute atomic E-state index is 0.177. The van der Waals surface area contributed by atoms with Gasteiger partial charge in [-0.1, -0.05) is 18.2 Å². The lowest BCUT2D eigenvalue weighted by atomic mass is 10.2. The van der Waals surface area contributed by atoms with Crippen molar-refractivity contribution in [3.8, 4) is 0 Å². The number of nitrogens with one attached hydrogen (secondary N) is 1. The van der Waals surface area contributed by atoms with Crippen LogP contribution in [0.15, 0.2) is 36.4 Å². The van der Waals surface area contributed by atoms with Crippen molar-refractivity contribution in [2.75, 3.05) is 5.32 Å². The Labute approximate surface area is 123 Å². The molecule has 0 bridgehead atoms. The van der Waals surface area contributed by atoms with Crippen molar-refractivity contribution in [3.05, 3.63) is 47.0 Å². The summed E-state index contributed by atoms with van der Waals surface area (Å²) in [5, 5.41) is 17.0. The zero-order valence-corrected chi connectivity index (χ0v) is 11.8. The van der Waals surface area contributed by atoms with Gasteiger partial charge in [0, 0.05) is 12.4 Å². The number of thiophene rings is 1. The first-order chi connectivity index (χ1) is 10.1. The number of fused-ring (bicyclic) bond motifs is 1. The molecular formula is C14H11N3O3S. The highest BCUT2D eigenvalue weighted by Gasteiger charge is 2.17. The van der Waals surface area contributed by atoms with Crippen LogP contribution in [0.1, 0.15) is 20.2 Å². The molecule has 7 heteroatoms. The zero-order chi connectivity index (χ0) is 15.0. The number of carbonyl (C=O) groups excluding carboxylic acids is 1. The van der Waals surface area contributed by atoms with Crippen LogP contribution in [0.4, 0.5) is 5.00 Å². The molecule has 3 aromatic rings. The molecule has 2 heterocycles. The molecule has 6 nitrogen and oxygen atoms in total. The standard InChI is InChI=1S/C14H11N3O3S/c1-17-9-5-3-2-4-8(9)12(16-17)13(18)15-11-7-6-10(21-11)14(19)20/h2-7H,1H3,(H,15,18)(H,19,20). The van der Waals surface area contributed by atoms with Crippen LogP contribution in [0.5, 0.6) is 0 Å². The Morgan fingerprint density at radius 3 is 2.71 bits per heavy atom. The third-order valence-corrected chi connectivity index (χ3v) is 4.02. The second-order valence-electron chi connectivity index (χ2n) is 4.41. The van der Waals surface area contributed by atoms with Crippen molar-refractivity contribution in [2.45, 2.75) is 0 Å². The number of aromatic nitrogens is 2. The van der Waals surface area contributed by atoms with Gasteiger partial charge in [0.15, 0.2) is 5.69 Å². The van der Waals surface area contributed by atoms with Crippen LogP contribution in [0.3, 0.4) is 0 Å². The number of amides is 1. The molecule has 0 fully saturated rings. The zero-order valence-electron chi connectivity index (χ0n) is 11.0. The lowest BCUT2D eigenvalue weighted by Crippen LogP contribution is -2.12. The molecule has 0 radical (unpaired) electrons. The van der Waals surface area contributed by atoms with Crippen molar-refractivity contribution in [1.29, 1.82) is 0 Å². The normalized spacial score (nSPS) is 10.7. The third-order valence-electron chi connectivity index (χ3n) is 3.03. The quantitative estimate of drug-likeness (QED) is 0.778. The first-order valence-electron chi connectivity index (χ1n) is 6.12. The van der Waals surface area contributed by atoms with Crippen LogP contribution in [0, 0.1) is 0 Å². The molecule has 21 heavy (non-hydrogen) atoms. The molecule has 0 spiro atoms. The van der Waals surface area contributed by atoms with E-state index >= 15 is 0 Å². The number of para-hydroxylation sites is 1. The van der Waals surface area contributed by atoms with Crippen molar-refractivity contribution in [3.63, 3.8) is 0 Å². The van der Waals surface area contributed by atoms with Crippen LogP contribution in [-0.2, 0) is 7.05 Å². The Hall–Kier alpha value is -2.67. The van der Waals surface area contributed by atoms with Gasteiger partial charge in [-0.2, -0.15) is 5.10 Å². The van der Waals surface area contributed by atoms with E-state index in [0.29, 0.717) is 10.7 Å². The van der Waals surface area contributed by atoms with Crippen molar-refractivity contribution < 1.29 is 14.7 Å². The van der Waals surface area contributed by atoms with E-state index in [4.69, 9.17) is 5.11 Å². The Morgan fingerprint density at radius 2 is 2.00 bits per heavy atom. The lowest BCUT2D eigenvalue weighted by molar-refractivity contribution is 0.0702. The van der Waals surface area contributed by atoms with E-state index in [1.54, 1.807) is 17.8 Å². The van der Waals surface area contributed by atoms with Gasteiger partial charge in [-0.25, -0.2) is 4.79 Å². The number of carboxylic acids is 1. The number of anilines is 1. The number of carboxylic acid groups (broad SMARTS) is 1. The topological polar surface area (TPSA) is 84.2 Å². The van der Waals surface area contributed by atoms with Crippen LogP contribution >= 0.6 is 11.3 Å². The molecule has 0 unspecified atom stereocenters. The lowest BCUT2D eigenvalue weighted by Gasteiger charge is -1.99. The third kappa shape index (κ3) is 2.38. The fourth-order valence-corrected chi connectivity index (χ4v) is 2.81. The molecule has 3 rings (SSSR count). The summed E-state index contributed by atoms with van der Waals surface area (Å²) in [6.45, 7) is 0. The average molecular weight is 301 g/mol. The highest BCUT2D eigenvalue weighted by molar-refractivity contribution is 7.18. The van der Waals surface area contributed by atoms with Crippen LogP contribution in [0.25, 0.3) is 10.9 Å².